The lowest BCUT2D eigenvalue weighted by Gasteiger charge is -2.17. The normalized spacial score (nSPS) is 12.0. The topological polar surface area (TPSA) is 89.7 Å². The molecule has 0 spiro atoms. The van der Waals surface area contributed by atoms with Crippen molar-refractivity contribution in [2.75, 3.05) is 5.32 Å². The Kier molecular flexibility index (Phi) is 5.80. The molecule has 8 nitrogen and oxygen atoms in total. The molecule has 1 aromatic carbocycles. The standard InChI is InChI=1S/C18H22FN7O/c1-3-15(17-20-12-22-25(17)4-2)23-18(27)24-16-8-9-21-26(16)11-13-6-5-7-14(19)10-13/h5-10,12,15H,3-4,11H2,1-2H3,(H2,23,24,27)/t15-/m0/s1. The van der Waals surface area contributed by atoms with Gasteiger partial charge in [-0.25, -0.2) is 23.5 Å². The summed E-state index contributed by atoms with van der Waals surface area (Å²) in [5, 5.41) is 14.0. The predicted octanol–water partition coefficient (Wildman–Crippen LogP) is 2.95. The van der Waals surface area contributed by atoms with Crippen molar-refractivity contribution in [1.82, 2.24) is 29.9 Å². The van der Waals surface area contributed by atoms with Gasteiger partial charge in [-0.05, 0) is 31.0 Å². The van der Waals surface area contributed by atoms with Crippen LogP contribution >= 0.6 is 0 Å². The van der Waals surface area contributed by atoms with Gasteiger partial charge in [0, 0.05) is 12.6 Å². The maximum atomic E-state index is 13.4. The number of benzene rings is 1. The molecule has 2 aromatic heterocycles. The van der Waals surface area contributed by atoms with Crippen LogP contribution < -0.4 is 10.6 Å². The number of halogens is 1. The largest absolute Gasteiger partial charge is 0.328 e. The Morgan fingerprint density at radius 1 is 1.22 bits per heavy atom. The van der Waals surface area contributed by atoms with Crippen LogP contribution in [-0.2, 0) is 13.1 Å². The van der Waals surface area contributed by atoms with Crippen molar-refractivity contribution in [2.24, 2.45) is 0 Å². The molecular formula is C18H22FN7O. The summed E-state index contributed by atoms with van der Waals surface area (Å²) >= 11 is 0. The fourth-order valence-corrected chi connectivity index (χ4v) is 2.82. The number of aryl methyl sites for hydroxylation is 1. The second kappa shape index (κ2) is 8.43. The van der Waals surface area contributed by atoms with Crippen LogP contribution in [0, 0.1) is 5.82 Å². The Morgan fingerprint density at radius 3 is 2.81 bits per heavy atom. The molecule has 0 radical (unpaired) electrons. The number of urea groups is 1. The SMILES string of the molecule is CC[C@H](NC(=O)Nc1ccnn1Cc1cccc(F)c1)c1ncnn1CC. The van der Waals surface area contributed by atoms with Crippen LogP contribution in [0.1, 0.15) is 37.7 Å². The molecule has 142 valence electrons. The molecular weight excluding hydrogens is 349 g/mol. The first-order valence-corrected chi connectivity index (χ1v) is 8.82. The summed E-state index contributed by atoms with van der Waals surface area (Å²) in [5.74, 6) is 0.921. The number of carbonyl (C=O) groups excluding carboxylic acids is 1. The van der Waals surface area contributed by atoms with Crippen molar-refractivity contribution in [3.05, 3.63) is 60.1 Å². The van der Waals surface area contributed by atoms with Gasteiger partial charge in [-0.1, -0.05) is 19.1 Å². The van der Waals surface area contributed by atoms with Gasteiger partial charge in [0.15, 0.2) is 0 Å². The van der Waals surface area contributed by atoms with E-state index in [9.17, 15) is 9.18 Å². The van der Waals surface area contributed by atoms with E-state index < -0.39 is 0 Å². The summed E-state index contributed by atoms with van der Waals surface area (Å²) in [5.41, 5.74) is 0.754. The Balaban J connectivity index is 1.67. The van der Waals surface area contributed by atoms with Crippen molar-refractivity contribution in [3.63, 3.8) is 0 Å². The van der Waals surface area contributed by atoms with E-state index >= 15 is 0 Å². The third-order valence-corrected chi connectivity index (χ3v) is 4.15. The van der Waals surface area contributed by atoms with Gasteiger partial charge in [0.2, 0.25) is 0 Å². The van der Waals surface area contributed by atoms with Gasteiger partial charge >= 0.3 is 6.03 Å². The quantitative estimate of drug-likeness (QED) is 0.668. The van der Waals surface area contributed by atoms with Crippen LogP contribution in [-0.4, -0.2) is 30.6 Å². The molecule has 0 aliphatic carbocycles. The first kappa shape index (κ1) is 18.6. The maximum absolute atomic E-state index is 13.4. The summed E-state index contributed by atoms with van der Waals surface area (Å²) in [4.78, 5) is 16.7. The van der Waals surface area contributed by atoms with E-state index in [0.29, 0.717) is 31.2 Å². The molecule has 9 heteroatoms. The van der Waals surface area contributed by atoms with Gasteiger partial charge in [-0.2, -0.15) is 10.2 Å². The highest BCUT2D eigenvalue weighted by molar-refractivity contribution is 5.88. The number of amides is 2. The zero-order chi connectivity index (χ0) is 19.2. The molecule has 1 atom stereocenters. The van der Waals surface area contributed by atoms with E-state index in [-0.39, 0.29) is 17.9 Å². The minimum Gasteiger partial charge on any atom is -0.328 e. The van der Waals surface area contributed by atoms with Crippen LogP contribution in [0.4, 0.5) is 15.0 Å². The molecule has 0 aliphatic heterocycles. The lowest BCUT2D eigenvalue weighted by Crippen LogP contribution is -2.34. The Morgan fingerprint density at radius 2 is 2.07 bits per heavy atom. The van der Waals surface area contributed by atoms with E-state index in [1.165, 1.54) is 18.5 Å². The molecule has 0 saturated carbocycles. The minimum absolute atomic E-state index is 0.257. The van der Waals surface area contributed by atoms with Gasteiger partial charge in [0.1, 0.15) is 23.8 Å². The van der Waals surface area contributed by atoms with E-state index in [4.69, 9.17) is 0 Å². The van der Waals surface area contributed by atoms with E-state index in [0.717, 1.165) is 5.56 Å². The monoisotopic (exact) mass is 371 g/mol. The molecule has 2 N–H and O–H groups in total. The first-order valence-electron chi connectivity index (χ1n) is 8.82. The van der Waals surface area contributed by atoms with Crippen molar-refractivity contribution in [1.29, 1.82) is 0 Å². The lowest BCUT2D eigenvalue weighted by atomic mass is 10.2. The average molecular weight is 371 g/mol. The summed E-state index contributed by atoms with van der Waals surface area (Å²) in [6.45, 7) is 4.96. The van der Waals surface area contributed by atoms with Gasteiger partial charge in [-0.3, -0.25) is 5.32 Å². The average Bonchev–Trinajstić information content (AvgIpc) is 3.29. The molecule has 3 rings (SSSR count). The number of hydrogen-bond acceptors (Lipinski definition) is 4. The predicted molar refractivity (Wildman–Crippen MR) is 98.6 cm³/mol. The second-order valence-corrected chi connectivity index (χ2v) is 6.00. The summed E-state index contributed by atoms with van der Waals surface area (Å²) in [7, 11) is 0. The number of anilines is 1. The second-order valence-electron chi connectivity index (χ2n) is 6.00. The Labute approximate surface area is 156 Å². The number of hydrogen-bond donors (Lipinski definition) is 2. The van der Waals surface area contributed by atoms with Crippen LogP contribution in [0.3, 0.4) is 0 Å². The molecule has 2 heterocycles. The number of rotatable bonds is 7. The fraction of sp³-hybridized carbons (Fsp3) is 0.333. The van der Waals surface area contributed by atoms with E-state index in [1.54, 1.807) is 33.8 Å². The molecule has 0 aliphatic rings. The number of nitrogens with one attached hydrogen (secondary N) is 2. The van der Waals surface area contributed by atoms with Crippen LogP contribution in [0.5, 0.6) is 0 Å². The van der Waals surface area contributed by atoms with Crippen molar-refractivity contribution in [2.45, 2.75) is 39.4 Å². The molecule has 0 fully saturated rings. The Bertz CT molecular complexity index is 905. The van der Waals surface area contributed by atoms with Crippen molar-refractivity contribution in [3.8, 4) is 0 Å². The van der Waals surface area contributed by atoms with Gasteiger partial charge in [-0.15, -0.1) is 0 Å². The molecule has 0 bridgehead atoms. The third kappa shape index (κ3) is 4.49. The zero-order valence-electron chi connectivity index (χ0n) is 15.3. The number of aromatic nitrogens is 5. The first-order chi connectivity index (χ1) is 13.1. The van der Waals surface area contributed by atoms with Gasteiger partial charge < -0.3 is 5.32 Å². The molecule has 0 unspecified atom stereocenters. The highest BCUT2D eigenvalue weighted by Gasteiger charge is 2.18. The van der Waals surface area contributed by atoms with E-state index in [1.807, 2.05) is 13.8 Å². The van der Waals surface area contributed by atoms with Gasteiger partial charge in [0.25, 0.3) is 0 Å². The van der Waals surface area contributed by atoms with Gasteiger partial charge in [0.05, 0.1) is 18.8 Å². The summed E-state index contributed by atoms with van der Waals surface area (Å²) in [6.07, 6.45) is 3.74. The molecule has 0 saturated heterocycles. The van der Waals surface area contributed by atoms with Crippen molar-refractivity contribution < 1.29 is 9.18 Å². The Hall–Kier alpha value is -3.23. The zero-order valence-corrected chi connectivity index (χ0v) is 15.3. The van der Waals surface area contributed by atoms with Crippen molar-refractivity contribution >= 4 is 11.8 Å². The van der Waals surface area contributed by atoms with E-state index in [2.05, 4.69) is 25.8 Å². The minimum atomic E-state index is -0.367. The maximum Gasteiger partial charge on any atom is 0.320 e. The van der Waals surface area contributed by atoms with Crippen LogP contribution in [0.2, 0.25) is 0 Å². The summed E-state index contributed by atoms with van der Waals surface area (Å²) in [6, 6.07) is 7.34. The molecule has 3 aromatic rings. The number of carbonyl (C=O) groups is 1. The smallest absolute Gasteiger partial charge is 0.320 e. The summed E-state index contributed by atoms with van der Waals surface area (Å²) < 4.78 is 16.7. The molecule has 2 amide bonds. The third-order valence-electron chi connectivity index (χ3n) is 4.15. The highest BCUT2D eigenvalue weighted by Crippen LogP contribution is 2.15. The van der Waals surface area contributed by atoms with Crippen LogP contribution in [0.15, 0.2) is 42.9 Å². The molecule has 27 heavy (non-hydrogen) atoms. The fourth-order valence-electron chi connectivity index (χ4n) is 2.82. The van der Waals surface area contributed by atoms with Crippen LogP contribution in [0.25, 0.3) is 0 Å². The highest BCUT2D eigenvalue weighted by atomic mass is 19.1. The number of nitrogens with zero attached hydrogens (tertiary/aromatic N) is 5. The lowest BCUT2D eigenvalue weighted by molar-refractivity contribution is 0.247.